The molecule has 2 rings (SSSR count). The molecule has 0 aliphatic heterocycles. The van der Waals surface area contributed by atoms with Crippen LogP contribution in [0.1, 0.15) is 20.1 Å². The number of nitrogens with one attached hydrogen (secondary N) is 2. The van der Waals surface area contributed by atoms with Crippen molar-refractivity contribution >= 4 is 33.1 Å². The van der Waals surface area contributed by atoms with Gasteiger partial charge in [-0.15, -0.1) is 11.3 Å². The highest BCUT2D eigenvalue weighted by molar-refractivity contribution is 7.88. The number of aromatic nitrogens is 1. The van der Waals surface area contributed by atoms with Gasteiger partial charge in [0.25, 0.3) is 5.91 Å². The number of carbonyl (C=O) groups excluding carboxylic acids is 1. The molecule has 2 heterocycles. The summed E-state index contributed by atoms with van der Waals surface area (Å²) in [5.74, 6) is 0.295. The number of aryl methyl sites for hydroxylation is 1. The number of pyridine rings is 1. The second-order valence-corrected chi connectivity index (χ2v) is 7.86. The Kier molecular flexibility index (Phi) is 5.28. The third-order valence-corrected chi connectivity index (χ3v) is 4.65. The summed E-state index contributed by atoms with van der Waals surface area (Å²) >= 11 is 1.34. The van der Waals surface area contributed by atoms with Crippen LogP contribution >= 0.6 is 11.3 Å². The summed E-state index contributed by atoms with van der Waals surface area (Å²) in [4.78, 5) is 17.7. The van der Waals surface area contributed by atoms with Crippen molar-refractivity contribution in [2.24, 2.45) is 0 Å². The fraction of sp³-hybridized carbons (Fsp3) is 0.286. The molecule has 118 valence electrons. The molecule has 0 spiro atoms. The van der Waals surface area contributed by atoms with Gasteiger partial charge in [-0.2, -0.15) is 0 Å². The first-order valence-electron chi connectivity index (χ1n) is 6.61. The summed E-state index contributed by atoms with van der Waals surface area (Å²) in [6, 6.07) is 7.20. The van der Waals surface area contributed by atoms with E-state index in [0.29, 0.717) is 23.7 Å². The standard InChI is InChI=1S/C14H17N3O3S2/c1-10-5-7-15-13(9-10)17-14(18)12-4-3-11(21-12)6-8-16-22(2,19)20/h3-5,7,9,16H,6,8H2,1-2H3,(H,15,17,18). The van der Waals surface area contributed by atoms with Crippen molar-refractivity contribution in [3.63, 3.8) is 0 Å². The normalized spacial score (nSPS) is 11.4. The van der Waals surface area contributed by atoms with Gasteiger partial charge < -0.3 is 5.32 Å². The highest BCUT2D eigenvalue weighted by Gasteiger charge is 2.10. The van der Waals surface area contributed by atoms with E-state index < -0.39 is 10.0 Å². The number of anilines is 1. The van der Waals surface area contributed by atoms with E-state index in [9.17, 15) is 13.2 Å². The van der Waals surface area contributed by atoms with E-state index in [-0.39, 0.29) is 5.91 Å². The number of hydrogen-bond acceptors (Lipinski definition) is 5. The lowest BCUT2D eigenvalue weighted by atomic mass is 10.3. The highest BCUT2D eigenvalue weighted by Crippen LogP contribution is 2.18. The summed E-state index contributed by atoms with van der Waals surface area (Å²) in [6.07, 6.45) is 3.31. The number of nitrogens with zero attached hydrogens (tertiary/aromatic N) is 1. The first-order valence-corrected chi connectivity index (χ1v) is 9.31. The first-order chi connectivity index (χ1) is 10.3. The van der Waals surface area contributed by atoms with Gasteiger partial charge in [-0.25, -0.2) is 18.1 Å². The van der Waals surface area contributed by atoms with Gasteiger partial charge in [-0.3, -0.25) is 4.79 Å². The Morgan fingerprint density at radius 3 is 2.77 bits per heavy atom. The molecule has 0 saturated carbocycles. The van der Waals surface area contributed by atoms with Gasteiger partial charge in [0, 0.05) is 17.6 Å². The van der Waals surface area contributed by atoms with Crippen LogP contribution in [0.25, 0.3) is 0 Å². The van der Waals surface area contributed by atoms with Crippen LogP contribution in [-0.2, 0) is 16.4 Å². The molecule has 0 fully saturated rings. The van der Waals surface area contributed by atoms with Crippen molar-refractivity contribution in [2.45, 2.75) is 13.3 Å². The quantitative estimate of drug-likeness (QED) is 0.840. The number of carbonyl (C=O) groups is 1. The molecule has 0 aliphatic rings. The third kappa shape index (κ3) is 5.21. The Morgan fingerprint density at radius 1 is 1.32 bits per heavy atom. The van der Waals surface area contributed by atoms with E-state index in [2.05, 4.69) is 15.0 Å². The molecule has 6 nitrogen and oxygen atoms in total. The highest BCUT2D eigenvalue weighted by atomic mass is 32.2. The van der Waals surface area contributed by atoms with Crippen LogP contribution in [0.5, 0.6) is 0 Å². The molecular formula is C14H17N3O3S2. The Hall–Kier alpha value is -1.77. The van der Waals surface area contributed by atoms with Crippen molar-refractivity contribution in [2.75, 3.05) is 18.1 Å². The van der Waals surface area contributed by atoms with Crippen LogP contribution in [-0.4, -0.2) is 32.1 Å². The summed E-state index contributed by atoms with van der Waals surface area (Å²) < 4.78 is 24.4. The minimum atomic E-state index is -3.18. The maximum Gasteiger partial charge on any atom is 0.266 e. The predicted molar refractivity (Wildman–Crippen MR) is 87.8 cm³/mol. The molecule has 22 heavy (non-hydrogen) atoms. The van der Waals surface area contributed by atoms with Gasteiger partial charge in [0.05, 0.1) is 11.1 Å². The molecule has 2 aromatic heterocycles. The molecule has 1 amide bonds. The van der Waals surface area contributed by atoms with Gasteiger partial charge in [-0.1, -0.05) is 0 Å². The van der Waals surface area contributed by atoms with Crippen LogP contribution in [0, 0.1) is 6.92 Å². The summed E-state index contributed by atoms with van der Waals surface area (Å²) in [7, 11) is -3.18. The molecule has 8 heteroatoms. The van der Waals surface area contributed by atoms with Crippen LogP contribution < -0.4 is 10.0 Å². The lowest BCUT2D eigenvalue weighted by Crippen LogP contribution is -2.24. The van der Waals surface area contributed by atoms with E-state index >= 15 is 0 Å². The van der Waals surface area contributed by atoms with Crippen LogP contribution in [0.2, 0.25) is 0 Å². The van der Waals surface area contributed by atoms with Crippen LogP contribution in [0.3, 0.4) is 0 Å². The monoisotopic (exact) mass is 339 g/mol. The average Bonchev–Trinajstić information content (AvgIpc) is 2.86. The topological polar surface area (TPSA) is 88.2 Å². The molecule has 0 radical (unpaired) electrons. The van der Waals surface area contributed by atoms with Crippen molar-refractivity contribution < 1.29 is 13.2 Å². The van der Waals surface area contributed by atoms with Crippen molar-refractivity contribution in [1.29, 1.82) is 0 Å². The van der Waals surface area contributed by atoms with E-state index in [4.69, 9.17) is 0 Å². The first kappa shape index (κ1) is 16.6. The second-order valence-electron chi connectivity index (χ2n) is 4.86. The lowest BCUT2D eigenvalue weighted by molar-refractivity contribution is 0.103. The van der Waals surface area contributed by atoms with E-state index in [1.807, 2.05) is 19.1 Å². The predicted octanol–water partition coefficient (Wildman–Crippen LogP) is 1.80. The zero-order chi connectivity index (χ0) is 16.2. The molecule has 0 aliphatic carbocycles. The zero-order valence-electron chi connectivity index (χ0n) is 12.3. The second kappa shape index (κ2) is 6.99. The minimum absolute atomic E-state index is 0.217. The number of hydrogen-bond donors (Lipinski definition) is 2. The Balaban J connectivity index is 1.94. The molecule has 0 aromatic carbocycles. The molecule has 0 unspecified atom stereocenters. The fourth-order valence-electron chi connectivity index (χ4n) is 1.78. The molecule has 2 N–H and O–H groups in total. The van der Waals surface area contributed by atoms with Gasteiger partial charge in [0.2, 0.25) is 10.0 Å². The maximum atomic E-state index is 12.1. The summed E-state index contributed by atoms with van der Waals surface area (Å²) in [5.41, 5.74) is 1.02. The molecular weight excluding hydrogens is 322 g/mol. The van der Waals surface area contributed by atoms with Crippen molar-refractivity contribution in [3.05, 3.63) is 45.8 Å². The molecule has 0 atom stereocenters. The molecule has 0 bridgehead atoms. The largest absolute Gasteiger partial charge is 0.306 e. The Labute approximate surface area is 133 Å². The summed E-state index contributed by atoms with van der Waals surface area (Å²) in [5, 5.41) is 2.74. The number of sulfonamides is 1. The third-order valence-electron chi connectivity index (χ3n) is 2.78. The number of amides is 1. The number of thiophene rings is 1. The molecule has 2 aromatic rings. The van der Waals surface area contributed by atoms with Gasteiger partial charge in [-0.05, 0) is 43.2 Å². The maximum absolute atomic E-state index is 12.1. The van der Waals surface area contributed by atoms with Gasteiger partial charge in [0.15, 0.2) is 0 Å². The molecule has 0 saturated heterocycles. The minimum Gasteiger partial charge on any atom is -0.306 e. The van der Waals surface area contributed by atoms with Gasteiger partial charge >= 0.3 is 0 Å². The van der Waals surface area contributed by atoms with Crippen molar-refractivity contribution in [3.8, 4) is 0 Å². The van der Waals surface area contributed by atoms with E-state index in [1.165, 1.54) is 11.3 Å². The smallest absolute Gasteiger partial charge is 0.266 e. The van der Waals surface area contributed by atoms with Gasteiger partial charge in [0.1, 0.15) is 5.82 Å². The zero-order valence-corrected chi connectivity index (χ0v) is 13.9. The Bertz CT molecular complexity index is 769. The average molecular weight is 339 g/mol. The summed E-state index contributed by atoms with van der Waals surface area (Å²) in [6.45, 7) is 2.25. The fourth-order valence-corrected chi connectivity index (χ4v) is 3.15. The lowest BCUT2D eigenvalue weighted by Gasteiger charge is -2.03. The van der Waals surface area contributed by atoms with E-state index in [0.717, 1.165) is 16.7 Å². The Morgan fingerprint density at radius 2 is 2.09 bits per heavy atom. The van der Waals surface area contributed by atoms with E-state index in [1.54, 1.807) is 18.3 Å². The van der Waals surface area contributed by atoms with Crippen molar-refractivity contribution in [1.82, 2.24) is 9.71 Å². The van der Waals surface area contributed by atoms with Crippen LogP contribution in [0.15, 0.2) is 30.5 Å². The van der Waals surface area contributed by atoms with Crippen LogP contribution in [0.4, 0.5) is 5.82 Å². The number of rotatable bonds is 6. The SMILES string of the molecule is Cc1ccnc(NC(=O)c2ccc(CCNS(C)(=O)=O)s2)c1.